The van der Waals surface area contributed by atoms with Crippen molar-refractivity contribution >= 4 is 29.3 Å². The van der Waals surface area contributed by atoms with Crippen molar-refractivity contribution in [1.29, 1.82) is 0 Å². The number of benzene rings is 1. The Hall–Kier alpha value is -2.12. The second-order valence-electron chi connectivity index (χ2n) is 5.47. The zero-order valence-corrected chi connectivity index (χ0v) is 13.6. The number of rotatable bonds is 4. The maximum absolute atomic E-state index is 12.5. The van der Waals surface area contributed by atoms with Gasteiger partial charge in [-0.1, -0.05) is 6.07 Å². The molecule has 2 heterocycles. The molecule has 2 saturated heterocycles. The van der Waals surface area contributed by atoms with Crippen LogP contribution in [0.2, 0.25) is 0 Å². The number of carbonyl (C=O) groups excluding carboxylic acids is 1. The summed E-state index contributed by atoms with van der Waals surface area (Å²) < 4.78 is 10.6. The number of ether oxygens (including phenoxy) is 2. The van der Waals surface area contributed by atoms with E-state index in [-0.39, 0.29) is 17.8 Å². The summed E-state index contributed by atoms with van der Waals surface area (Å²) in [4.78, 5) is 14.0. The maximum Gasteiger partial charge on any atom is 0.276 e. The first-order chi connectivity index (χ1) is 11.1. The number of carbonyl (C=O) groups is 1. The summed E-state index contributed by atoms with van der Waals surface area (Å²) in [5, 5.41) is 12.9. The average molecular weight is 334 g/mol. The molecule has 0 aromatic heterocycles. The van der Waals surface area contributed by atoms with Crippen molar-refractivity contribution in [3.63, 3.8) is 0 Å². The summed E-state index contributed by atoms with van der Waals surface area (Å²) in [6.45, 7) is 1.21. The standard InChI is InChI=1S/C16H18N2O4S/c1-21-14-8-10(4-5-13(14)19)7-12-15(20)18(16(23)17-12)9-11-3-2-6-22-11/h4-5,7-8,11,19H,2-3,6,9H2,1H3,(H,17,23)/b12-7-. The van der Waals surface area contributed by atoms with Gasteiger partial charge in [-0.2, -0.15) is 0 Å². The van der Waals surface area contributed by atoms with Gasteiger partial charge in [0.25, 0.3) is 5.91 Å². The Morgan fingerprint density at radius 2 is 2.39 bits per heavy atom. The summed E-state index contributed by atoms with van der Waals surface area (Å²) in [5.74, 6) is 0.233. The summed E-state index contributed by atoms with van der Waals surface area (Å²) in [5.41, 5.74) is 1.14. The number of hydrogen-bond acceptors (Lipinski definition) is 5. The number of nitrogens with one attached hydrogen (secondary N) is 1. The summed E-state index contributed by atoms with van der Waals surface area (Å²) in [6, 6.07) is 4.88. The normalized spacial score (nSPS) is 22.7. The van der Waals surface area contributed by atoms with Crippen LogP contribution >= 0.6 is 12.2 Å². The molecule has 1 atom stereocenters. The number of hydrogen-bond donors (Lipinski definition) is 2. The molecule has 7 heteroatoms. The predicted molar refractivity (Wildman–Crippen MR) is 89.1 cm³/mol. The Bertz CT molecular complexity index is 668. The van der Waals surface area contributed by atoms with Crippen molar-refractivity contribution in [2.24, 2.45) is 0 Å². The molecular weight excluding hydrogens is 316 g/mol. The van der Waals surface area contributed by atoms with Gasteiger partial charge in [-0.15, -0.1) is 0 Å². The van der Waals surface area contributed by atoms with E-state index < -0.39 is 0 Å². The fraction of sp³-hybridized carbons (Fsp3) is 0.375. The lowest BCUT2D eigenvalue weighted by molar-refractivity contribution is -0.123. The van der Waals surface area contributed by atoms with Crippen molar-refractivity contribution in [2.75, 3.05) is 20.3 Å². The fourth-order valence-corrected chi connectivity index (χ4v) is 2.95. The first kappa shape index (κ1) is 15.8. The number of nitrogens with zero attached hydrogens (tertiary/aromatic N) is 1. The first-order valence-electron chi connectivity index (χ1n) is 7.41. The maximum atomic E-state index is 12.5. The van der Waals surface area contributed by atoms with Crippen LogP contribution in [-0.2, 0) is 9.53 Å². The van der Waals surface area contributed by atoms with E-state index in [1.165, 1.54) is 18.1 Å². The van der Waals surface area contributed by atoms with Crippen molar-refractivity contribution in [2.45, 2.75) is 18.9 Å². The molecule has 1 unspecified atom stereocenters. The lowest BCUT2D eigenvalue weighted by atomic mass is 10.1. The molecule has 2 aliphatic rings. The topological polar surface area (TPSA) is 71.0 Å². The van der Waals surface area contributed by atoms with Crippen LogP contribution in [0.5, 0.6) is 11.5 Å². The van der Waals surface area contributed by atoms with E-state index in [4.69, 9.17) is 21.7 Å². The van der Waals surface area contributed by atoms with Gasteiger partial charge in [-0.05, 0) is 48.8 Å². The predicted octanol–water partition coefficient (Wildman–Crippen LogP) is 1.64. The van der Waals surface area contributed by atoms with Crippen molar-refractivity contribution in [3.05, 3.63) is 29.5 Å². The van der Waals surface area contributed by atoms with Gasteiger partial charge < -0.3 is 19.9 Å². The van der Waals surface area contributed by atoms with Gasteiger partial charge in [0.2, 0.25) is 0 Å². The summed E-state index contributed by atoms with van der Waals surface area (Å²) in [6.07, 6.45) is 3.70. The average Bonchev–Trinajstić information content (AvgIpc) is 3.14. The number of amides is 1. The van der Waals surface area contributed by atoms with Gasteiger partial charge in [-0.25, -0.2) is 0 Å². The van der Waals surface area contributed by atoms with Crippen LogP contribution in [0.4, 0.5) is 0 Å². The van der Waals surface area contributed by atoms with E-state index in [0.29, 0.717) is 23.1 Å². The number of phenolic OH excluding ortho intramolecular Hbond substituents is 1. The molecule has 0 aliphatic carbocycles. The zero-order valence-electron chi connectivity index (χ0n) is 12.7. The number of aromatic hydroxyl groups is 1. The smallest absolute Gasteiger partial charge is 0.276 e. The van der Waals surface area contributed by atoms with Gasteiger partial charge >= 0.3 is 0 Å². The molecule has 2 N–H and O–H groups in total. The highest BCUT2D eigenvalue weighted by atomic mass is 32.1. The third-order valence-electron chi connectivity index (χ3n) is 3.89. The minimum atomic E-state index is -0.169. The quantitative estimate of drug-likeness (QED) is 0.644. The van der Waals surface area contributed by atoms with Crippen LogP contribution in [0.25, 0.3) is 6.08 Å². The Labute approximate surface area is 139 Å². The minimum Gasteiger partial charge on any atom is -0.504 e. The van der Waals surface area contributed by atoms with E-state index in [1.54, 1.807) is 18.2 Å². The van der Waals surface area contributed by atoms with E-state index >= 15 is 0 Å². The molecule has 0 bridgehead atoms. The molecule has 1 aromatic carbocycles. The monoisotopic (exact) mass is 334 g/mol. The van der Waals surface area contributed by atoms with E-state index in [9.17, 15) is 9.90 Å². The van der Waals surface area contributed by atoms with Crippen LogP contribution < -0.4 is 10.1 Å². The van der Waals surface area contributed by atoms with Crippen LogP contribution in [0.3, 0.4) is 0 Å². The summed E-state index contributed by atoms with van der Waals surface area (Å²) >= 11 is 5.25. The van der Waals surface area contributed by atoms with Crippen LogP contribution in [0.1, 0.15) is 18.4 Å². The molecule has 2 aliphatic heterocycles. The van der Waals surface area contributed by atoms with Gasteiger partial charge in [-0.3, -0.25) is 9.69 Å². The van der Waals surface area contributed by atoms with Gasteiger partial charge in [0, 0.05) is 6.61 Å². The van der Waals surface area contributed by atoms with Crippen LogP contribution in [0, 0.1) is 0 Å². The summed E-state index contributed by atoms with van der Waals surface area (Å²) in [7, 11) is 1.48. The molecule has 23 heavy (non-hydrogen) atoms. The van der Waals surface area contributed by atoms with E-state index in [1.807, 2.05) is 0 Å². The van der Waals surface area contributed by atoms with Crippen molar-refractivity contribution in [1.82, 2.24) is 10.2 Å². The van der Waals surface area contributed by atoms with E-state index in [0.717, 1.165) is 25.0 Å². The second kappa shape index (κ2) is 6.55. The number of thiocarbonyl (C=S) groups is 1. The SMILES string of the molecule is COc1cc(/C=C2\NC(=S)N(CC3CCCO3)C2=O)ccc1O. The Morgan fingerprint density at radius 3 is 3.09 bits per heavy atom. The Balaban J connectivity index is 1.78. The lowest BCUT2D eigenvalue weighted by Gasteiger charge is -2.18. The second-order valence-corrected chi connectivity index (χ2v) is 5.86. The zero-order chi connectivity index (χ0) is 16.4. The third kappa shape index (κ3) is 3.30. The van der Waals surface area contributed by atoms with Gasteiger partial charge in [0.1, 0.15) is 5.70 Å². The largest absolute Gasteiger partial charge is 0.504 e. The number of methoxy groups -OCH3 is 1. The molecule has 0 radical (unpaired) electrons. The molecule has 0 spiro atoms. The van der Waals surface area contributed by atoms with Crippen molar-refractivity contribution in [3.8, 4) is 11.5 Å². The lowest BCUT2D eigenvalue weighted by Crippen LogP contribution is -2.37. The highest BCUT2D eigenvalue weighted by molar-refractivity contribution is 7.80. The first-order valence-corrected chi connectivity index (χ1v) is 7.82. The highest BCUT2D eigenvalue weighted by Crippen LogP contribution is 2.27. The fourth-order valence-electron chi connectivity index (χ4n) is 2.68. The van der Waals surface area contributed by atoms with Crippen LogP contribution in [-0.4, -0.2) is 47.4 Å². The van der Waals surface area contributed by atoms with E-state index in [2.05, 4.69) is 5.32 Å². The molecule has 0 saturated carbocycles. The Kier molecular flexibility index (Phi) is 4.49. The molecule has 122 valence electrons. The minimum absolute atomic E-state index is 0.0480. The number of phenols is 1. The molecule has 6 nitrogen and oxygen atoms in total. The molecule has 3 rings (SSSR count). The molecule has 1 aromatic rings. The van der Waals surface area contributed by atoms with Crippen LogP contribution in [0.15, 0.2) is 23.9 Å². The van der Waals surface area contributed by atoms with Gasteiger partial charge in [0.15, 0.2) is 16.6 Å². The molecule has 2 fully saturated rings. The highest BCUT2D eigenvalue weighted by Gasteiger charge is 2.33. The molecule has 1 amide bonds. The molecular formula is C16H18N2O4S. The third-order valence-corrected chi connectivity index (χ3v) is 4.21. The Morgan fingerprint density at radius 1 is 1.57 bits per heavy atom. The van der Waals surface area contributed by atoms with Crippen molar-refractivity contribution < 1.29 is 19.4 Å². The van der Waals surface area contributed by atoms with Gasteiger partial charge in [0.05, 0.1) is 19.8 Å².